The highest BCUT2D eigenvalue weighted by Gasteiger charge is 2.32. The average molecular weight is 235 g/mol. The monoisotopic (exact) mass is 235 g/mol. The fourth-order valence-electron chi connectivity index (χ4n) is 2.77. The molecular weight excluding hydrogens is 218 g/mol. The van der Waals surface area contributed by atoms with Crippen molar-refractivity contribution >= 4 is 5.91 Å². The van der Waals surface area contributed by atoms with Crippen molar-refractivity contribution in [3.8, 4) is 0 Å². The van der Waals surface area contributed by atoms with Crippen LogP contribution >= 0.6 is 0 Å². The summed E-state index contributed by atoms with van der Waals surface area (Å²) in [7, 11) is 0. The van der Waals surface area contributed by atoms with Crippen LogP contribution in [0.1, 0.15) is 35.4 Å². The molecule has 17 heavy (non-hydrogen) atoms. The molecule has 5 heteroatoms. The molecule has 2 bridgehead atoms. The lowest BCUT2D eigenvalue weighted by Crippen LogP contribution is -2.39. The Hall–Kier alpha value is -1.36. The van der Waals surface area contributed by atoms with Crippen molar-refractivity contribution in [2.45, 2.75) is 38.3 Å². The second-order valence-corrected chi connectivity index (χ2v) is 5.02. The van der Waals surface area contributed by atoms with E-state index in [2.05, 4.69) is 10.5 Å². The Labute approximate surface area is 100 Å². The van der Waals surface area contributed by atoms with Crippen molar-refractivity contribution in [3.05, 3.63) is 17.5 Å². The Bertz CT molecular complexity index is 429. The maximum atomic E-state index is 12.3. The molecule has 0 saturated carbocycles. The van der Waals surface area contributed by atoms with Crippen LogP contribution in [0.15, 0.2) is 10.7 Å². The van der Waals surface area contributed by atoms with Gasteiger partial charge in [0.2, 0.25) is 5.76 Å². The van der Waals surface area contributed by atoms with E-state index in [0.717, 1.165) is 25.1 Å². The summed E-state index contributed by atoms with van der Waals surface area (Å²) >= 11 is 0. The van der Waals surface area contributed by atoms with Gasteiger partial charge in [0, 0.05) is 30.7 Å². The Morgan fingerprint density at radius 1 is 1.47 bits per heavy atom. The molecule has 1 amide bonds. The Morgan fingerprint density at radius 3 is 3.06 bits per heavy atom. The van der Waals surface area contributed by atoms with Gasteiger partial charge in [-0.3, -0.25) is 4.79 Å². The van der Waals surface area contributed by atoms with Crippen molar-refractivity contribution in [3.63, 3.8) is 0 Å². The van der Waals surface area contributed by atoms with Gasteiger partial charge in [0.15, 0.2) is 0 Å². The first-order chi connectivity index (χ1) is 8.24. The zero-order valence-electron chi connectivity index (χ0n) is 9.98. The van der Waals surface area contributed by atoms with Crippen LogP contribution < -0.4 is 5.32 Å². The quantitative estimate of drug-likeness (QED) is 0.787. The molecule has 5 nitrogen and oxygen atoms in total. The number of rotatable bonds is 1. The second kappa shape index (κ2) is 4.14. The van der Waals surface area contributed by atoms with E-state index in [1.54, 1.807) is 6.20 Å². The Kier molecular flexibility index (Phi) is 2.63. The topological polar surface area (TPSA) is 58.4 Å². The molecule has 2 fully saturated rings. The molecular formula is C12H17N3O2. The lowest BCUT2D eigenvalue weighted by atomic mass is 10.1. The van der Waals surface area contributed by atoms with E-state index in [1.165, 1.54) is 12.8 Å². The SMILES string of the molecule is Cc1cnoc1C(=O)N1CCC2CCC(C1)N2. The Morgan fingerprint density at radius 2 is 2.29 bits per heavy atom. The van der Waals surface area contributed by atoms with Gasteiger partial charge in [0.05, 0.1) is 6.20 Å². The molecule has 0 spiro atoms. The van der Waals surface area contributed by atoms with Gasteiger partial charge in [-0.05, 0) is 26.2 Å². The molecule has 1 aromatic heterocycles. The molecule has 0 aliphatic carbocycles. The third-order valence-electron chi connectivity index (χ3n) is 3.75. The van der Waals surface area contributed by atoms with E-state index in [-0.39, 0.29) is 5.91 Å². The zero-order valence-corrected chi connectivity index (χ0v) is 9.98. The number of amides is 1. The van der Waals surface area contributed by atoms with E-state index in [1.807, 2.05) is 11.8 Å². The summed E-state index contributed by atoms with van der Waals surface area (Å²) in [4.78, 5) is 14.2. The second-order valence-electron chi connectivity index (χ2n) is 5.02. The van der Waals surface area contributed by atoms with Crippen LogP contribution in [0.4, 0.5) is 0 Å². The van der Waals surface area contributed by atoms with Crippen molar-refractivity contribution < 1.29 is 9.32 Å². The van der Waals surface area contributed by atoms with Gasteiger partial charge in [-0.2, -0.15) is 0 Å². The zero-order chi connectivity index (χ0) is 11.8. The van der Waals surface area contributed by atoms with Crippen LogP contribution in [0.3, 0.4) is 0 Å². The number of carbonyl (C=O) groups excluding carboxylic acids is 1. The molecule has 92 valence electrons. The summed E-state index contributed by atoms with van der Waals surface area (Å²) in [5.74, 6) is 0.372. The van der Waals surface area contributed by atoms with Crippen molar-refractivity contribution in [1.82, 2.24) is 15.4 Å². The maximum absolute atomic E-state index is 12.3. The summed E-state index contributed by atoms with van der Waals surface area (Å²) in [6.45, 7) is 3.45. The highest BCUT2D eigenvalue weighted by Crippen LogP contribution is 2.22. The van der Waals surface area contributed by atoms with Crippen molar-refractivity contribution in [1.29, 1.82) is 0 Å². The van der Waals surface area contributed by atoms with Gasteiger partial charge in [0.25, 0.3) is 5.91 Å². The third-order valence-corrected chi connectivity index (χ3v) is 3.75. The van der Waals surface area contributed by atoms with Crippen molar-refractivity contribution in [2.75, 3.05) is 13.1 Å². The number of aryl methyl sites for hydroxylation is 1. The molecule has 2 aliphatic heterocycles. The van der Waals surface area contributed by atoms with Gasteiger partial charge in [0.1, 0.15) is 0 Å². The fraction of sp³-hybridized carbons (Fsp3) is 0.667. The molecule has 2 unspecified atom stereocenters. The van der Waals surface area contributed by atoms with Crippen LogP contribution in [0.25, 0.3) is 0 Å². The van der Waals surface area contributed by atoms with E-state index >= 15 is 0 Å². The van der Waals surface area contributed by atoms with Crippen molar-refractivity contribution in [2.24, 2.45) is 0 Å². The van der Waals surface area contributed by atoms with E-state index in [0.29, 0.717) is 17.8 Å². The predicted molar refractivity (Wildman–Crippen MR) is 61.7 cm³/mol. The van der Waals surface area contributed by atoms with E-state index in [4.69, 9.17) is 4.52 Å². The number of nitrogens with one attached hydrogen (secondary N) is 1. The van der Waals surface area contributed by atoms with Crippen LogP contribution in [0.5, 0.6) is 0 Å². The number of hydrogen-bond acceptors (Lipinski definition) is 4. The number of fused-ring (bicyclic) bond motifs is 2. The average Bonchev–Trinajstić information content (AvgIpc) is 2.84. The van der Waals surface area contributed by atoms with Crippen LogP contribution in [0.2, 0.25) is 0 Å². The van der Waals surface area contributed by atoms with E-state index in [9.17, 15) is 4.79 Å². The molecule has 2 aliphatic rings. The fourth-order valence-corrected chi connectivity index (χ4v) is 2.77. The third kappa shape index (κ3) is 1.95. The predicted octanol–water partition coefficient (Wildman–Crippen LogP) is 0.950. The van der Waals surface area contributed by atoms with Crippen LogP contribution in [0, 0.1) is 6.92 Å². The van der Waals surface area contributed by atoms with Gasteiger partial charge >= 0.3 is 0 Å². The van der Waals surface area contributed by atoms with Crippen LogP contribution in [-0.2, 0) is 0 Å². The highest BCUT2D eigenvalue weighted by atomic mass is 16.5. The Balaban J connectivity index is 1.76. The summed E-state index contributed by atoms with van der Waals surface area (Å²) in [6, 6.07) is 1.04. The molecule has 2 atom stereocenters. The standard InChI is InChI=1S/C12H17N3O2/c1-8-6-13-17-11(8)12(16)15-5-4-9-2-3-10(7-15)14-9/h6,9-10,14H,2-5,7H2,1H3. The van der Waals surface area contributed by atoms with Gasteiger partial charge < -0.3 is 14.7 Å². The molecule has 2 saturated heterocycles. The number of likely N-dealkylation sites (tertiary alicyclic amines) is 1. The van der Waals surface area contributed by atoms with E-state index < -0.39 is 0 Å². The van der Waals surface area contributed by atoms with Gasteiger partial charge in [-0.1, -0.05) is 5.16 Å². The number of carbonyl (C=O) groups is 1. The minimum absolute atomic E-state index is 0.0191. The minimum Gasteiger partial charge on any atom is -0.351 e. The highest BCUT2D eigenvalue weighted by molar-refractivity contribution is 5.92. The van der Waals surface area contributed by atoms with Gasteiger partial charge in [-0.15, -0.1) is 0 Å². The molecule has 3 rings (SSSR count). The maximum Gasteiger partial charge on any atom is 0.292 e. The largest absolute Gasteiger partial charge is 0.351 e. The molecule has 0 aromatic carbocycles. The molecule has 1 N–H and O–H groups in total. The first-order valence-corrected chi connectivity index (χ1v) is 6.20. The lowest BCUT2D eigenvalue weighted by molar-refractivity contribution is 0.0705. The summed E-state index contributed by atoms with van der Waals surface area (Å²) in [6.07, 6.45) is 5.04. The minimum atomic E-state index is -0.0191. The molecule has 0 radical (unpaired) electrons. The normalized spacial score (nSPS) is 28.2. The first kappa shape index (κ1) is 10.8. The number of nitrogens with zero attached hydrogens (tertiary/aromatic N) is 2. The summed E-state index contributed by atoms with van der Waals surface area (Å²) in [5.41, 5.74) is 0.817. The molecule has 1 aromatic rings. The summed E-state index contributed by atoms with van der Waals surface area (Å²) in [5, 5.41) is 7.23. The number of aromatic nitrogens is 1. The van der Waals surface area contributed by atoms with Gasteiger partial charge in [-0.25, -0.2) is 0 Å². The lowest BCUT2D eigenvalue weighted by Gasteiger charge is -2.23. The van der Waals surface area contributed by atoms with Crippen LogP contribution in [-0.4, -0.2) is 41.1 Å². The first-order valence-electron chi connectivity index (χ1n) is 6.20. The summed E-state index contributed by atoms with van der Waals surface area (Å²) < 4.78 is 5.04. The smallest absolute Gasteiger partial charge is 0.292 e. The number of hydrogen-bond donors (Lipinski definition) is 1. The molecule has 3 heterocycles.